The van der Waals surface area contributed by atoms with Crippen LogP contribution in [-0.2, 0) is 0 Å². The highest BCUT2D eigenvalue weighted by atomic mass is 79.9. The van der Waals surface area contributed by atoms with Crippen LogP contribution < -0.4 is 16.6 Å². The molecule has 2 aromatic carbocycles. The first-order valence-electron chi connectivity index (χ1n) is 5.75. The Hall–Kier alpha value is -1.85. The van der Waals surface area contributed by atoms with Gasteiger partial charge in [0.05, 0.1) is 16.9 Å². The number of nitrogen functional groups attached to an aromatic ring is 1. The van der Waals surface area contributed by atoms with Crippen molar-refractivity contribution in [2.75, 3.05) is 10.7 Å². The number of carbonyl (C=O) groups is 1. The standard InChI is InChI=1S/C14H14BrN3O/c1-9-6-7-11(15)13(8-9)17-14(19)10-4-2-3-5-12(10)18-16/h2-8,18H,16H2,1H3,(H,17,19). The molecule has 0 saturated carbocycles. The van der Waals surface area contributed by atoms with E-state index in [1.165, 1.54) is 0 Å². The molecule has 4 nitrogen and oxygen atoms in total. The molecule has 4 N–H and O–H groups in total. The molecule has 98 valence electrons. The number of benzene rings is 2. The number of hydrazine groups is 1. The van der Waals surface area contributed by atoms with Gasteiger partial charge in [0.1, 0.15) is 0 Å². The predicted molar refractivity (Wildman–Crippen MR) is 81.1 cm³/mol. The van der Waals surface area contributed by atoms with Gasteiger partial charge in [-0.05, 0) is 52.7 Å². The average Bonchev–Trinajstić information content (AvgIpc) is 2.42. The number of aryl methyl sites for hydroxylation is 1. The first-order valence-corrected chi connectivity index (χ1v) is 6.54. The molecule has 0 heterocycles. The molecule has 19 heavy (non-hydrogen) atoms. The quantitative estimate of drug-likeness (QED) is 0.600. The van der Waals surface area contributed by atoms with E-state index in [0.29, 0.717) is 11.3 Å². The summed E-state index contributed by atoms with van der Waals surface area (Å²) >= 11 is 3.41. The van der Waals surface area contributed by atoms with Gasteiger partial charge in [0.15, 0.2) is 0 Å². The number of halogens is 1. The summed E-state index contributed by atoms with van der Waals surface area (Å²) in [4.78, 5) is 12.2. The van der Waals surface area contributed by atoms with Crippen molar-refractivity contribution in [3.05, 3.63) is 58.1 Å². The lowest BCUT2D eigenvalue weighted by Crippen LogP contribution is -2.17. The Labute approximate surface area is 120 Å². The van der Waals surface area contributed by atoms with Gasteiger partial charge in [-0.1, -0.05) is 18.2 Å². The molecule has 0 aromatic heterocycles. The Kier molecular flexibility index (Phi) is 4.19. The minimum Gasteiger partial charge on any atom is -0.323 e. The molecule has 0 radical (unpaired) electrons. The van der Waals surface area contributed by atoms with Gasteiger partial charge in [0, 0.05) is 4.47 Å². The van der Waals surface area contributed by atoms with Gasteiger partial charge < -0.3 is 10.7 Å². The highest BCUT2D eigenvalue weighted by molar-refractivity contribution is 9.10. The molecule has 0 saturated heterocycles. The number of carbonyl (C=O) groups excluding carboxylic acids is 1. The van der Waals surface area contributed by atoms with Gasteiger partial charge in [-0.15, -0.1) is 0 Å². The van der Waals surface area contributed by atoms with E-state index in [1.807, 2.05) is 31.2 Å². The molecule has 2 aromatic rings. The summed E-state index contributed by atoms with van der Waals surface area (Å²) < 4.78 is 0.838. The maximum absolute atomic E-state index is 12.2. The predicted octanol–water partition coefficient (Wildman–Crippen LogP) is 3.30. The minimum atomic E-state index is -0.208. The molecular formula is C14H14BrN3O. The van der Waals surface area contributed by atoms with Crippen LogP contribution in [0, 0.1) is 6.92 Å². The third kappa shape index (κ3) is 3.13. The van der Waals surface area contributed by atoms with Crippen molar-refractivity contribution >= 4 is 33.2 Å². The molecule has 0 unspecified atom stereocenters. The number of anilines is 2. The molecule has 0 aliphatic carbocycles. The second-order valence-electron chi connectivity index (χ2n) is 4.13. The fourth-order valence-corrected chi connectivity index (χ4v) is 2.08. The Morgan fingerprint density at radius 3 is 2.63 bits per heavy atom. The molecule has 0 fully saturated rings. The maximum Gasteiger partial charge on any atom is 0.257 e. The topological polar surface area (TPSA) is 67.2 Å². The zero-order chi connectivity index (χ0) is 13.8. The van der Waals surface area contributed by atoms with Gasteiger partial charge in [0.25, 0.3) is 5.91 Å². The number of nitrogens with two attached hydrogens (primary N) is 1. The third-order valence-electron chi connectivity index (χ3n) is 2.70. The second-order valence-corrected chi connectivity index (χ2v) is 4.98. The summed E-state index contributed by atoms with van der Waals surface area (Å²) in [5.74, 6) is 5.19. The maximum atomic E-state index is 12.2. The van der Waals surface area contributed by atoms with Crippen LogP contribution >= 0.6 is 15.9 Å². The van der Waals surface area contributed by atoms with Crippen molar-refractivity contribution in [3.8, 4) is 0 Å². The average molecular weight is 320 g/mol. The molecule has 0 spiro atoms. The summed E-state index contributed by atoms with van der Waals surface area (Å²) in [5, 5.41) is 2.86. The van der Waals surface area contributed by atoms with Crippen LogP contribution in [0.2, 0.25) is 0 Å². The van der Waals surface area contributed by atoms with E-state index in [9.17, 15) is 4.79 Å². The summed E-state index contributed by atoms with van der Waals surface area (Å²) in [6.45, 7) is 1.97. The minimum absolute atomic E-state index is 0.208. The Bertz CT molecular complexity index is 613. The van der Waals surface area contributed by atoms with Gasteiger partial charge in [-0.3, -0.25) is 10.6 Å². The number of hydrogen-bond acceptors (Lipinski definition) is 3. The van der Waals surface area contributed by atoms with Crippen molar-refractivity contribution in [2.24, 2.45) is 5.84 Å². The van der Waals surface area contributed by atoms with Crippen LogP contribution in [0.3, 0.4) is 0 Å². The Morgan fingerprint density at radius 1 is 1.16 bits per heavy atom. The van der Waals surface area contributed by atoms with Crippen molar-refractivity contribution in [1.82, 2.24) is 0 Å². The molecule has 0 aliphatic heterocycles. The summed E-state index contributed by atoms with van der Waals surface area (Å²) in [6, 6.07) is 12.8. The fraction of sp³-hybridized carbons (Fsp3) is 0.0714. The van der Waals surface area contributed by atoms with Crippen molar-refractivity contribution in [3.63, 3.8) is 0 Å². The normalized spacial score (nSPS) is 10.1. The van der Waals surface area contributed by atoms with E-state index in [-0.39, 0.29) is 5.91 Å². The molecule has 0 aliphatic rings. The highest BCUT2D eigenvalue weighted by Gasteiger charge is 2.11. The zero-order valence-corrected chi connectivity index (χ0v) is 12.0. The molecule has 1 amide bonds. The largest absolute Gasteiger partial charge is 0.323 e. The van der Waals surface area contributed by atoms with Crippen LogP contribution in [0.1, 0.15) is 15.9 Å². The lowest BCUT2D eigenvalue weighted by molar-refractivity contribution is 0.102. The SMILES string of the molecule is Cc1ccc(Br)c(NC(=O)c2ccccc2NN)c1. The lowest BCUT2D eigenvalue weighted by atomic mass is 10.1. The van der Waals surface area contributed by atoms with Crippen LogP contribution in [0.15, 0.2) is 46.9 Å². The smallest absolute Gasteiger partial charge is 0.257 e. The molecule has 2 rings (SSSR count). The van der Waals surface area contributed by atoms with Gasteiger partial charge >= 0.3 is 0 Å². The Balaban J connectivity index is 2.28. The summed E-state index contributed by atoms with van der Waals surface area (Å²) in [6.07, 6.45) is 0. The molecular weight excluding hydrogens is 306 g/mol. The van der Waals surface area contributed by atoms with Crippen LogP contribution in [-0.4, -0.2) is 5.91 Å². The van der Waals surface area contributed by atoms with Gasteiger partial charge in [-0.2, -0.15) is 0 Å². The van der Waals surface area contributed by atoms with Gasteiger partial charge in [-0.25, -0.2) is 0 Å². The van der Waals surface area contributed by atoms with Crippen LogP contribution in [0.25, 0.3) is 0 Å². The number of para-hydroxylation sites is 1. The van der Waals surface area contributed by atoms with E-state index < -0.39 is 0 Å². The monoisotopic (exact) mass is 319 g/mol. The molecule has 0 bridgehead atoms. The molecule has 5 heteroatoms. The van der Waals surface area contributed by atoms with Crippen molar-refractivity contribution < 1.29 is 4.79 Å². The highest BCUT2D eigenvalue weighted by Crippen LogP contribution is 2.24. The summed E-state index contributed by atoms with van der Waals surface area (Å²) in [5.41, 5.74) is 5.41. The van der Waals surface area contributed by atoms with Crippen LogP contribution in [0.4, 0.5) is 11.4 Å². The van der Waals surface area contributed by atoms with Crippen molar-refractivity contribution in [1.29, 1.82) is 0 Å². The Morgan fingerprint density at radius 2 is 1.89 bits per heavy atom. The first-order chi connectivity index (χ1) is 9.11. The van der Waals surface area contributed by atoms with E-state index in [0.717, 1.165) is 15.7 Å². The van der Waals surface area contributed by atoms with E-state index >= 15 is 0 Å². The first kappa shape index (κ1) is 13.6. The second kappa shape index (κ2) is 5.86. The third-order valence-corrected chi connectivity index (χ3v) is 3.39. The van der Waals surface area contributed by atoms with E-state index in [2.05, 4.69) is 26.7 Å². The fourth-order valence-electron chi connectivity index (χ4n) is 1.73. The lowest BCUT2D eigenvalue weighted by Gasteiger charge is -2.11. The van der Waals surface area contributed by atoms with E-state index in [4.69, 9.17) is 5.84 Å². The summed E-state index contributed by atoms with van der Waals surface area (Å²) in [7, 11) is 0. The number of hydrogen-bond donors (Lipinski definition) is 3. The zero-order valence-electron chi connectivity index (χ0n) is 10.4. The number of nitrogens with one attached hydrogen (secondary N) is 2. The molecule has 0 atom stereocenters. The van der Waals surface area contributed by atoms with Crippen molar-refractivity contribution in [2.45, 2.75) is 6.92 Å². The number of amides is 1. The number of rotatable bonds is 3. The van der Waals surface area contributed by atoms with E-state index in [1.54, 1.807) is 18.2 Å². The van der Waals surface area contributed by atoms with Gasteiger partial charge in [0.2, 0.25) is 0 Å². The van der Waals surface area contributed by atoms with Crippen LogP contribution in [0.5, 0.6) is 0 Å².